The Hall–Kier alpha value is -2.86. The molecule has 0 bridgehead atoms. The number of benzene rings is 2. The first-order valence-corrected chi connectivity index (χ1v) is 9.07. The van der Waals surface area contributed by atoms with E-state index >= 15 is 0 Å². The molecule has 2 aromatic carbocycles. The second-order valence-corrected chi connectivity index (χ2v) is 6.81. The average Bonchev–Trinajstić information content (AvgIpc) is 2.67. The third-order valence-corrected chi connectivity index (χ3v) is 4.55. The van der Waals surface area contributed by atoms with Crippen molar-refractivity contribution in [3.05, 3.63) is 70.3 Å². The van der Waals surface area contributed by atoms with Crippen LogP contribution >= 0.6 is 15.9 Å². The van der Waals surface area contributed by atoms with Gasteiger partial charge in [-0.15, -0.1) is 0 Å². The lowest BCUT2D eigenvalue weighted by Gasteiger charge is -2.11. The van der Waals surface area contributed by atoms with E-state index in [1.807, 2.05) is 37.3 Å². The Balaban J connectivity index is 1.85. The van der Waals surface area contributed by atoms with Gasteiger partial charge in [0.05, 0.1) is 31.2 Å². The number of hydrogen-bond acceptors (Lipinski definition) is 4. The van der Waals surface area contributed by atoms with Crippen molar-refractivity contribution in [2.45, 2.75) is 6.92 Å². The first-order chi connectivity index (χ1) is 13.0. The number of pyridine rings is 1. The van der Waals surface area contributed by atoms with Crippen LogP contribution in [-0.2, 0) is 0 Å². The maximum absolute atomic E-state index is 12.7. The van der Waals surface area contributed by atoms with Gasteiger partial charge >= 0.3 is 0 Å². The number of ether oxygens (including phenoxy) is 2. The zero-order chi connectivity index (χ0) is 19.4. The number of methoxy groups -OCH3 is 2. The Bertz CT molecular complexity index is 967. The summed E-state index contributed by atoms with van der Waals surface area (Å²) in [6.07, 6.45) is 0. The SMILES string of the molecule is COc1cc(NC(=O)c2ccc(-c3cccc(Br)c3)nc2C)cc(OC)c1. The van der Waals surface area contributed by atoms with Crippen LogP contribution < -0.4 is 14.8 Å². The van der Waals surface area contributed by atoms with E-state index in [9.17, 15) is 4.79 Å². The molecule has 3 rings (SSSR count). The third-order valence-electron chi connectivity index (χ3n) is 4.06. The van der Waals surface area contributed by atoms with Crippen LogP contribution in [0.4, 0.5) is 5.69 Å². The van der Waals surface area contributed by atoms with Crippen molar-refractivity contribution >= 4 is 27.5 Å². The van der Waals surface area contributed by atoms with Crippen molar-refractivity contribution in [2.24, 2.45) is 0 Å². The molecule has 27 heavy (non-hydrogen) atoms. The molecule has 0 unspecified atom stereocenters. The molecule has 0 saturated carbocycles. The molecule has 1 aromatic heterocycles. The van der Waals surface area contributed by atoms with Crippen LogP contribution in [0.1, 0.15) is 16.1 Å². The molecular formula is C21H19BrN2O3. The van der Waals surface area contributed by atoms with Crippen molar-refractivity contribution in [1.82, 2.24) is 4.98 Å². The molecule has 6 heteroatoms. The number of nitrogens with zero attached hydrogens (tertiary/aromatic N) is 1. The maximum atomic E-state index is 12.7. The Kier molecular flexibility index (Phi) is 5.76. The highest BCUT2D eigenvalue weighted by Gasteiger charge is 2.13. The predicted octanol–water partition coefficient (Wildman–Crippen LogP) is 5.09. The highest BCUT2D eigenvalue weighted by atomic mass is 79.9. The van der Waals surface area contributed by atoms with Crippen molar-refractivity contribution in [2.75, 3.05) is 19.5 Å². The molecule has 0 radical (unpaired) electrons. The van der Waals surface area contributed by atoms with Crippen LogP contribution in [-0.4, -0.2) is 25.1 Å². The molecule has 0 aliphatic rings. The van der Waals surface area contributed by atoms with Crippen LogP contribution in [0.3, 0.4) is 0 Å². The quantitative estimate of drug-likeness (QED) is 0.616. The molecule has 0 spiro atoms. The summed E-state index contributed by atoms with van der Waals surface area (Å²) in [5.74, 6) is 0.963. The van der Waals surface area contributed by atoms with E-state index in [-0.39, 0.29) is 5.91 Å². The van der Waals surface area contributed by atoms with Crippen molar-refractivity contribution < 1.29 is 14.3 Å². The lowest BCUT2D eigenvalue weighted by molar-refractivity contribution is 0.102. The van der Waals surface area contributed by atoms with Crippen molar-refractivity contribution in [1.29, 1.82) is 0 Å². The summed E-state index contributed by atoms with van der Waals surface area (Å²) in [7, 11) is 3.13. The monoisotopic (exact) mass is 426 g/mol. The Morgan fingerprint density at radius 2 is 1.70 bits per heavy atom. The zero-order valence-electron chi connectivity index (χ0n) is 15.2. The molecule has 5 nitrogen and oxygen atoms in total. The van der Waals surface area contributed by atoms with Gasteiger partial charge in [0, 0.05) is 33.9 Å². The normalized spacial score (nSPS) is 10.4. The van der Waals surface area contributed by atoms with E-state index in [1.165, 1.54) is 0 Å². The molecule has 1 N–H and O–H groups in total. The van der Waals surface area contributed by atoms with Gasteiger partial charge in [0.1, 0.15) is 11.5 Å². The first kappa shape index (κ1) is 18.9. The highest BCUT2D eigenvalue weighted by molar-refractivity contribution is 9.10. The number of amides is 1. The van der Waals surface area contributed by atoms with E-state index in [0.29, 0.717) is 28.4 Å². The smallest absolute Gasteiger partial charge is 0.257 e. The van der Waals surface area contributed by atoms with Crippen LogP contribution in [0, 0.1) is 6.92 Å². The predicted molar refractivity (Wildman–Crippen MR) is 110 cm³/mol. The van der Waals surface area contributed by atoms with E-state index < -0.39 is 0 Å². The molecular weight excluding hydrogens is 408 g/mol. The van der Waals surface area contributed by atoms with Gasteiger partial charge in [0.15, 0.2) is 0 Å². The summed E-state index contributed by atoms with van der Waals surface area (Å²) in [6.45, 7) is 1.82. The largest absolute Gasteiger partial charge is 0.497 e. The number of nitrogens with one attached hydrogen (secondary N) is 1. The van der Waals surface area contributed by atoms with Gasteiger partial charge in [-0.3, -0.25) is 9.78 Å². The fraction of sp³-hybridized carbons (Fsp3) is 0.143. The molecule has 1 heterocycles. The van der Waals surface area contributed by atoms with E-state index in [2.05, 4.69) is 26.2 Å². The van der Waals surface area contributed by atoms with Gasteiger partial charge in [-0.1, -0.05) is 28.1 Å². The summed E-state index contributed by atoms with van der Waals surface area (Å²) in [5.41, 5.74) is 3.55. The van der Waals surface area contributed by atoms with Gasteiger partial charge in [-0.05, 0) is 31.2 Å². The number of rotatable bonds is 5. The fourth-order valence-electron chi connectivity index (χ4n) is 2.69. The number of hydrogen-bond donors (Lipinski definition) is 1. The summed E-state index contributed by atoms with van der Waals surface area (Å²) in [6, 6.07) is 16.7. The summed E-state index contributed by atoms with van der Waals surface area (Å²) in [5, 5.41) is 2.87. The van der Waals surface area contributed by atoms with Gasteiger partial charge in [-0.2, -0.15) is 0 Å². The van der Waals surface area contributed by atoms with Gasteiger partial charge in [-0.25, -0.2) is 0 Å². The summed E-state index contributed by atoms with van der Waals surface area (Å²) >= 11 is 3.46. The molecule has 0 aliphatic carbocycles. The number of aromatic nitrogens is 1. The Labute approximate surface area is 166 Å². The molecule has 138 valence electrons. The minimum absolute atomic E-state index is 0.240. The minimum atomic E-state index is -0.240. The topological polar surface area (TPSA) is 60.5 Å². The number of carbonyl (C=O) groups is 1. The minimum Gasteiger partial charge on any atom is -0.497 e. The summed E-state index contributed by atoms with van der Waals surface area (Å²) in [4.78, 5) is 17.3. The van der Waals surface area contributed by atoms with Gasteiger partial charge in [0.2, 0.25) is 0 Å². The van der Waals surface area contributed by atoms with Crippen LogP contribution in [0.15, 0.2) is 59.1 Å². The van der Waals surface area contributed by atoms with E-state index in [1.54, 1.807) is 38.5 Å². The van der Waals surface area contributed by atoms with Gasteiger partial charge in [0.25, 0.3) is 5.91 Å². The van der Waals surface area contributed by atoms with E-state index in [4.69, 9.17) is 9.47 Å². The fourth-order valence-corrected chi connectivity index (χ4v) is 3.09. The van der Waals surface area contributed by atoms with Crippen LogP contribution in [0.2, 0.25) is 0 Å². The van der Waals surface area contributed by atoms with Crippen LogP contribution in [0.25, 0.3) is 11.3 Å². The Morgan fingerprint density at radius 3 is 2.30 bits per heavy atom. The number of anilines is 1. The van der Waals surface area contributed by atoms with Crippen LogP contribution in [0.5, 0.6) is 11.5 Å². The molecule has 0 atom stereocenters. The molecule has 1 amide bonds. The average molecular weight is 427 g/mol. The third kappa shape index (κ3) is 4.46. The zero-order valence-corrected chi connectivity index (χ0v) is 16.8. The van der Waals surface area contributed by atoms with Crippen molar-refractivity contribution in [3.8, 4) is 22.8 Å². The number of aryl methyl sites for hydroxylation is 1. The molecule has 0 saturated heterocycles. The lowest BCUT2D eigenvalue weighted by Crippen LogP contribution is -2.14. The van der Waals surface area contributed by atoms with Gasteiger partial charge < -0.3 is 14.8 Å². The second kappa shape index (κ2) is 8.22. The van der Waals surface area contributed by atoms with E-state index in [0.717, 1.165) is 15.7 Å². The lowest BCUT2D eigenvalue weighted by atomic mass is 10.1. The molecule has 3 aromatic rings. The summed E-state index contributed by atoms with van der Waals surface area (Å²) < 4.78 is 11.5. The number of halogens is 1. The second-order valence-electron chi connectivity index (χ2n) is 5.90. The molecule has 0 aliphatic heterocycles. The molecule has 0 fully saturated rings. The number of carbonyl (C=O) groups excluding carboxylic acids is 1. The maximum Gasteiger partial charge on any atom is 0.257 e. The van der Waals surface area contributed by atoms with Crippen molar-refractivity contribution in [3.63, 3.8) is 0 Å². The Morgan fingerprint density at radius 1 is 1.00 bits per heavy atom. The standard InChI is InChI=1S/C21H19BrN2O3/c1-13-19(7-8-20(23-13)14-5-4-6-15(22)9-14)21(25)24-16-10-17(26-2)12-18(11-16)27-3/h4-12H,1-3H3,(H,24,25). The highest BCUT2D eigenvalue weighted by Crippen LogP contribution is 2.27. The first-order valence-electron chi connectivity index (χ1n) is 8.28.